The van der Waals surface area contributed by atoms with E-state index >= 15 is 0 Å². The van der Waals surface area contributed by atoms with Gasteiger partial charge >= 0.3 is 0 Å². The number of non-ortho nitro benzene ring substituents is 1. The number of fused-ring (bicyclic) bond motifs is 1. The van der Waals surface area contributed by atoms with Gasteiger partial charge in [0.05, 0.1) is 21.7 Å². The molecule has 7 heteroatoms. The maximum Gasteiger partial charge on any atom is 0.272 e. The Labute approximate surface area is 159 Å². The highest BCUT2D eigenvalue weighted by atomic mass is 32.1. The summed E-state index contributed by atoms with van der Waals surface area (Å²) >= 11 is 1.40. The molecular formula is C20H15N3O3S. The lowest BCUT2D eigenvalue weighted by Gasteiger charge is -1.99. The van der Waals surface area contributed by atoms with E-state index in [-0.39, 0.29) is 5.69 Å². The Morgan fingerprint density at radius 2 is 2.07 bits per heavy atom. The highest BCUT2D eigenvalue weighted by molar-refractivity contribution is 7.16. The van der Waals surface area contributed by atoms with Crippen molar-refractivity contribution < 1.29 is 9.72 Å². The zero-order valence-electron chi connectivity index (χ0n) is 14.5. The largest absolute Gasteiger partial charge is 0.305 e. The number of nitro groups is 1. The molecule has 2 aromatic carbocycles. The van der Waals surface area contributed by atoms with E-state index in [1.165, 1.54) is 29.5 Å². The number of carbonyl (C=O) groups excluding carboxylic acids is 1. The fourth-order valence-electron chi connectivity index (χ4n) is 2.52. The molecule has 0 aliphatic rings. The molecule has 0 N–H and O–H groups in total. The third-order valence-electron chi connectivity index (χ3n) is 3.82. The van der Waals surface area contributed by atoms with Crippen LogP contribution in [0.5, 0.6) is 0 Å². The smallest absolute Gasteiger partial charge is 0.272 e. The molecule has 0 atom stereocenters. The Hall–Kier alpha value is -3.50. The number of aromatic nitrogens is 1. The van der Waals surface area contributed by atoms with Crippen molar-refractivity contribution in [2.24, 2.45) is 4.99 Å². The lowest BCUT2D eigenvalue weighted by molar-refractivity contribution is -0.384. The number of benzene rings is 2. The Kier molecular flexibility index (Phi) is 5.29. The molecule has 0 aliphatic carbocycles. The predicted octanol–water partition coefficient (Wildman–Crippen LogP) is 3.69. The number of terminal acetylenes is 1. The second kappa shape index (κ2) is 7.81. The Morgan fingerprint density at radius 1 is 1.33 bits per heavy atom. The summed E-state index contributed by atoms with van der Waals surface area (Å²) in [4.78, 5) is 27.1. The molecule has 6 nitrogen and oxygen atoms in total. The highest BCUT2D eigenvalue weighted by Crippen LogP contribution is 2.19. The zero-order valence-corrected chi connectivity index (χ0v) is 15.3. The highest BCUT2D eigenvalue weighted by Gasteiger charge is 2.07. The molecule has 0 spiro atoms. The van der Waals surface area contributed by atoms with E-state index in [4.69, 9.17) is 6.42 Å². The third kappa shape index (κ3) is 4.19. The summed E-state index contributed by atoms with van der Waals surface area (Å²) in [6.45, 7) is 2.32. The molecular weight excluding hydrogens is 362 g/mol. The molecule has 0 unspecified atom stereocenters. The van der Waals surface area contributed by atoms with Gasteiger partial charge in [0.2, 0.25) is 0 Å². The first kappa shape index (κ1) is 18.3. The van der Waals surface area contributed by atoms with Crippen molar-refractivity contribution in [3.8, 4) is 12.3 Å². The van der Waals surface area contributed by atoms with Gasteiger partial charge in [-0.1, -0.05) is 23.3 Å². The minimum absolute atomic E-state index is 0.000871. The molecule has 3 rings (SSSR count). The van der Waals surface area contributed by atoms with Crippen molar-refractivity contribution in [1.82, 2.24) is 4.57 Å². The fraction of sp³-hybridized carbons (Fsp3) is 0.100. The van der Waals surface area contributed by atoms with Gasteiger partial charge in [-0.3, -0.25) is 14.9 Å². The molecule has 0 saturated carbocycles. The van der Waals surface area contributed by atoms with Gasteiger partial charge in [-0.15, -0.1) is 6.42 Å². The van der Waals surface area contributed by atoms with Crippen LogP contribution >= 0.6 is 11.3 Å². The number of hydrogen-bond donors (Lipinski definition) is 0. The number of nitro benzene ring substituents is 1. The van der Waals surface area contributed by atoms with Gasteiger partial charge in [-0.05, 0) is 48.4 Å². The predicted molar refractivity (Wildman–Crippen MR) is 106 cm³/mol. The van der Waals surface area contributed by atoms with Crippen LogP contribution in [-0.2, 0) is 11.3 Å². The number of hydrogen-bond acceptors (Lipinski definition) is 4. The molecule has 0 fully saturated rings. The van der Waals surface area contributed by atoms with Gasteiger partial charge in [0.25, 0.3) is 11.6 Å². The van der Waals surface area contributed by atoms with E-state index in [1.54, 1.807) is 18.2 Å². The Morgan fingerprint density at radius 3 is 2.74 bits per heavy atom. The van der Waals surface area contributed by atoms with E-state index in [1.807, 2.05) is 29.7 Å². The van der Waals surface area contributed by atoms with Crippen molar-refractivity contribution in [2.45, 2.75) is 13.5 Å². The average molecular weight is 377 g/mol. The monoisotopic (exact) mass is 377 g/mol. The molecule has 0 bridgehead atoms. The van der Waals surface area contributed by atoms with Crippen LogP contribution in [0.1, 0.15) is 11.1 Å². The normalized spacial score (nSPS) is 11.8. The van der Waals surface area contributed by atoms with Crippen LogP contribution in [0.25, 0.3) is 16.3 Å². The molecule has 134 valence electrons. The summed E-state index contributed by atoms with van der Waals surface area (Å²) < 4.78 is 2.84. The molecule has 1 heterocycles. The maximum absolute atomic E-state index is 12.2. The second-order valence-corrected chi connectivity index (χ2v) is 6.79. The minimum atomic E-state index is -0.471. The van der Waals surface area contributed by atoms with Crippen LogP contribution in [0, 0.1) is 29.4 Å². The summed E-state index contributed by atoms with van der Waals surface area (Å²) in [5, 5.41) is 10.7. The van der Waals surface area contributed by atoms with Crippen LogP contribution in [0.3, 0.4) is 0 Å². The summed E-state index contributed by atoms with van der Waals surface area (Å²) in [5.41, 5.74) is 2.73. The van der Waals surface area contributed by atoms with Crippen LogP contribution in [-0.4, -0.2) is 15.4 Å². The molecule has 0 saturated heterocycles. The Balaban J connectivity index is 1.91. The standard InChI is InChI=1S/C20H15N3O3S/c1-3-12-22-17-10-4-14(2)13-18(17)27-20(22)21-19(24)11-7-15-5-8-16(9-6-15)23(25)26/h1,4-11,13H,12H2,2H3/b11-7-,21-20?. The fourth-order valence-corrected chi connectivity index (χ4v) is 3.65. The lowest BCUT2D eigenvalue weighted by Crippen LogP contribution is -2.15. The van der Waals surface area contributed by atoms with E-state index in [2.05, 4.69) is 10.9 Å². The quantitative estimate of drug-likeness (QED) is 0.301. The average Bonchev–Trinajstić information content (AvgIpc) is 2.97. The van der Waals surface area contributed by atoms with Crippen molar-refractivity contribution in [2.75, 3.05) is 0 Å². The molecule has 1 aromatic heterocycles. The summed E-state index contributed by atoms with van der Waals surface area (Å²) in [6, 6.07) is 11.9. The van der Waals surface area contributed by atoms with E-state index in [0.717, 1.165) is 15.8 Å². The van der Waals surface area contributed by atoms with Gasteiger partial charge in [0, 0.05) is 18.2 Å². The van der Waals surface area contributed by atoms with Crippen molar-refractivity contribution in [1.29, 1.82) is 0 Å². The first-order valence-corrected chi connectivity index (χ1v) is 8.84. The minimum Gasteiger partial charge on any atom is -0.305 e. The number of rotatable bonds is 4. The maximum atomic E-state index is 12.2. The van der Waals surface area contributed by atoms with Crippen molar-refractivity contribution in [3.05, 3.63) is 74.6 Å². The number of nitrogens with zero attached hydrogens (tertiary/aromatic N) is 3. The van der Waals surface area contributed by atoms with Crippen LogP contribution in [0.4, 0.5) is 5.69 Å². The molecule has 0 aliphatic heterocycles. The van der Waals surface area contributed by atoms with E-state index < -0.39 is 10.8 Å². The van der Waals surface area contributed by atoms with E-state index in [9.17, 15) is 14.9 Å². The molecule has 1 amide bonds. The van der Waals surface area contributed by atoms with E-state index in [0.29, 0.717) is 16.9 Å². The van der Waals surface area contributed by atoms with Crippen LogP contribution in [0.15, 0.2) is 53.5 Å². The molecule has 3 aromatic rings. The van der Waals surface area contributed by atoms with Gasteiger partial charge in [-0.25, -0.2) is 0 Å². The van der Waals surface area contributed by atoms with Crippen LogP contribution in [0.2, 0.25) is 0 Å². The Bertz CT molecular complexity index is 1160. The third-order valence-corrected chi connectivity index (χ3v) is 4.86. The molecule has 27 heavy (non-hydrogen) atoms. The van der Waals surface area contributed by atoms with Crippen LogP contribution < -0.4 is 4.80 Å². The number of aryl methyl sites for hydroxylation is 1. The summed E-state index contributed by atoms with van der Waals surface area (Å²) in [7, 11) is 0. The lowest BCUT2D eigenvalue weighted by atomic mass is 10.2. The summed E-state index contributed by atoms with van der Waals surface area (Å²) in [6.07, 6.45) is 8.35. The van der Waals surface area contributed by atoms with Gasteiger partial charge in [0.1, 0.15) is 0 Å². The first-order chi connectivity index (χ1) is 13.0. The van der Waals surface area contributed by atoms with Gasteiger partial charge < -0.3 is 4.57 Å². The van der Waals surface area contributed by atoms with Crippen molar-refractivity contribution >= 4 is 39.2 Å². The van der Waals surface area contributed by atoms with Gasteiger partial charge in [-0.2, -0.15) is 4.99 Å². The topological polar surface area (TPSA) is 77.5 Å². The number of thiazole rings is 1. The zero-order chi connectivity index (χ0) is 19.4. The van der Waals surface area contributed by atoms with Crippen molar-refractivity contribution in [3.63, 3.8) is 0 Å². The molecule has 0 radical (unpaired) electrons. The summed E-state index contributed by atoms with van der Waals surface area (Å²) in [5.74, 6) is 2.16. The first-order valence-electron chi connectivity index (χ1n) is 8.02. The second-order valence-electron chi connectivity index (χ2n) is 5.78. The number of carbonyl (C=O) groups is 1. The SMILES string of the molecule is C#CCn1c(=NC(=O)/C=C\c2ccc([N+](=O)[O-])cc2)sc2cc(C)ccc21. The van der Waals surface area contributed by atoms with Gasteiger partial charge in [0.15, 0.2) is 4.80 Å². The number of amides is 1.